The smallest absolute Gasteiger partial charge is 0.303 e. The summed E-state index contributed by atoms with van der Waals surface area (Å²) in [5.74, 6) is -3.23. The van der Waals surface area contributed by atoms with Gasteiger partial charge in [-0.25, -0.2) is 8.78 Å². The van der Waals surface area contributed by atoms with Crippen molar-refractivity contribution in [2.75, 3.05) is 5.33 Å². The minimum Gasteiger partial charge on any atom is -0.450 e. The molecule has 0 aliphatic heterocycles. The topological polar surface area (TPSA) is 80.7 Å². The van der Waals surface area contributed by atoms with Crippen molar-refractivity contribution >= 4 is 33.5 Å². The van der Waals surface area contributed by atoms with Crippen LogP contribution in [0.1, 0.15) is 47.0 Å². The molecule has 8 heteroatoms. The van der Waals surface area contributed by atoms with Gasteiger partial charge in [0, 0.05) is 29.6 Å². The molecular weight excluding hydrogens is 486 g/mol. The molecule has 32 heavy (non-hydrogen) atoms. The SMILES string of the molecule is CC(=O)O[C@@]1(C(=O)CBr)[C@@H](C)C[C@H]2[C@@H]3C[C@H](F)C4=CC(=O)C=C[C@]4(C)[C@@]3(F)[C@@H](O)C[C@@]21C. The molecule has 0 aromatic heterocycles. The molecule has 3 fully saturated rings. The first-order valence-corrected chi connectivity index (χ1v) is 12.2. The van der Waals surface area contributed by atoms with Crippen molar-refractivity contribution in [3.63, 3.8) is 0 Å². The first kappa shape index (κ1) is 23.7. The Morgan fingerprint density at radius 3 is 2.53 bits per heavy atom. The molecule has 0 heterocycles. The average Bonchev–Trinajstić information content (AvgIpc) is 2.92. The summed E-state index contributed by atoms with van der Waals surface area (Å²) in [5, 5.41) is 11.3. The van der Waals surface area contributed by atoms with Gasteiger partial charge in [0.25, 0.3) is 0 Å². The normalized spacial score (nSPS) is 49.6. The number of esters is 1. The number of halogens is 3. The molecule has 176 valence electrons. The van der Waals surface area contributed by atoms with Gasteiger partial charge in [0.15, 0.2) is 22.8 Å². The molecule has 4 aliphatic rings. The third kappa shape index (κ3) is 2.65. The predicted octanol–water partition coefficient (Wildman–Crippen LogP) is 3.82. The second-order valence-electron chi connectivity index (χ2n) is 10.4. The van der Waals surface area contributed by atoms with Gasteiger partial charge in [0.2, 0.25) is 0 Å². The lowest BCUT2D eigenvalue weighted by atomic mass is 9.44. The van der Waals surface area contributed by atoms with E-state index in [0.29, 0.717) is 6.42 Å². The summed E-state index contributed by atoms with van der Waals surface area (Å²) >= 11 is 3.20. The van der Waals surface area contributed by atoms with E-state index in [1.165, 1.54) is 26.0 Å². The van der Waals surface area contributed by atoms with Gasteiger partial charge in [-0.05, 0) is 49.8 Å². The predicted molar refractivity (Wildman–Crippen MR) is 116 cm³/mol. The van der Waals surface area contributed by atoms with E-state index in [-0.39, 0.29) is 29.5 Å². The lowest BCUT2D eigenvalue weighted by Crippen LogP contribution is -2.71. The summed E-state index contributed by atoms with van der Waals surface area (Å²) in [6.45, 7) is 6.31. The fourth-order valence-electron chi connectivity index (χ4n) is 7.72. The summed E-state index contributed by atoms with van der Waals surface area (Å²) in [5.41, 5.74) is -6.28. The van der Waals surface area contributed by atoms with Crippen molar-refractivity contribution in [3.05, 3.63) is 23.8 Å². The van der Waals surface area contributed by atoms with E-state index in [0.717, 1.165) is 6.08 Å². The van der Waals surface area contributed by atoms with Crippen molar-refractivity contribution in [2.45, 2.75) is 70.5 Å². The molecule has 0 aromatic rings. The van der Waals surface area contributed by atoms with Crippen molar-refractivity contribution in [2.24, 2.45) is 28.6 Å². The summed E-state index contributed by atoms with van der Waals surface area (Å²) in [6, 6.07) is 0. The molecule has 0 amide bonds. The van der Waals surface area contributed by atoms with Crippen LogP contribution in [0.15, 0.2) is 23.8 Å². The van der Waals surface area contributed by atoms with Crippen LogP contribution in [0.3, 0.4) is 0 Å². The first-order chi connectivity index (χ1) is 14.8. The summed E-state index contributed by atoms with van der Waals surface area (Å²) < 4.78 is 38.3. The molecule has 9 atom stereocenters. The Morgan fingerprint density at radius 1 is 1.28 bits per heavy atom. The minimum atomic E-state index is -2.23. The molecule has 0 spiro atoms. The third-order valence-electron chi connectivity index (χ3n) is 9.01. The second kappa shape index (κ2) is 7.29. The van der Waals surface area contributed by atoms with Gasteiger partial charge in [-0.3, -0.25) is 14.4 Å². The molecular formula is C24H29BrF2O5. The van der Waals surface area contributed by atoms with E-state index < -0.39 is 63.9 Å². The number of hydrogen-bond acceptors (Lipinski definition) is 5. The van der Waals surface area contributed by atoms with Gasteiger partial charge in [-0.2, -0.15) is 0 Å². The molecule has 4 aliphatic carbocycles. The van der Waals surface area contributed by atoms with Crippen LogP contribution in [0.4, 0.5) is 8.78 Å². The van der Waals surface area contributed by atoms with Crippen LogP contribution in [-0.2, 0) is 19.1 Å². The van der Waals surface area contributed by atoms with Gasteiger partial charge in [0.1, 0.15) is 6.17 Å². The minimum absolute atomic E-state index is 0.0558. The Balaban J connectivity index is 1.89. The number of carbonyl (C=O) groups excluding carboxylic acids is 3. The zero-order valence-corrected chi connectivity index (χ0v) is 20.2. The molecule has 5 nitrogen and oxygen atoms in total. The maximum atomic E-state index is 17.1. The Morgan fingerprint density at radius 2 is 1.94 bits per heavy atom. The maximum Gasteiger partial charge on any atom is 0.303 e. The van der Waals surface area contributed by atoms with Crippen LogP contribution < -0.4 is 0 Å². The molecule has 0 radical (unpaired) electrons. The number of ether oxygens (including phenoxy) is 1. The lowest BCUT2D eigenvalue weighted by molar-refractivity contribution is -0.229. The molecule has 3 saturated carbocycles. The standard InChI is InChI=1S/C24H29BrF2O5/c1-12-7-15-16-9-18(26)17-8-14(29)5-6-21(17,3)23(16,27)19(30)10-22(15,4)24(12,20(31)11-25)32-13(2)28/h5-6,8,12,15-16,18-19,30H,7,9-11H2,1-4H3/t12-,15-,16-,18-,19-,21-,22-,23-,24+/m0/s1. The van der Waals surface area contributed by atoms with Crippen molar-refractivity contribution in [1.29, 1.82) is 0 Å². The molecule has 0 aromatic carbocycles. The van der Waals surface area contributed by atoms with E-state index >= 15 is 8.78 Å². The van der Waals surface area contributed by atoms with Gasteiger partial charge < -0.3 is 9.84 Å². The fourth-order valence-corrected chi connectivity index (χ4v) is 8.13. The number of Topliss-reactive ketones (excluding diaryl/α,β-unsaturated/α-hetero) is 1. The molecule has 1 N–H and O–H groups in total. The largest absolute Gasteiger partial charge is 0.450 e. The number of ketones is 2. The maximum absolute atomic E-state index is 17.1. The number of fused-ring (bicyclic) bond motifs is 5. The van der Waals surface area contributed by atoms with E-state index in [1.54, 1.807) is 13.8 Å². The van der Waals surface area contributed by atoms with Crippen molar-refractivity contribution < 1.29 is 33.0 Å². The zero-order chi connectivity index (χ0) is 23.9. The highest BCUT2D eigenvalue weighted by atomic mass is 79.9. The van der Waals surface area contributed by atoms with Crippen LogP contribution in [0.2, 0.25) is 0 Å². The van der Waals surface area contributed by atoms with Crippen molar-refractivity contribution in [3.8, 4) is 0 Å². The fraction of sp³-hybridized carbons (Fsp3) is 0.708. The van der Waals surface area contributed by atoms with E-state index in [9.17, 15) is 19.5 Å². The van der Waals surface area contributed by atoms with Gasteiger partial charge in [-0.15, -0.1) is 0 Å². The second-order valence-corrected chi connectivity index (χ2v) is 10.9. The lowest BCUT2D eigenvalue weighted by Gasteiger charge is -2.63. The quantitative estimate of drug-likeness (QED) is 0.457. The van der Waals surface area contributed by atoms with E-state index in [4.69, 9.17) is 4.74 Å². The van der Waals surface area contributed by atoms with Crippen molar-refractivity contribution in [1.82, 2.24) is 0 Å². The van der Waals surface area contributed by atoms with E-state index in [2.05, 4.69) is 15.9 Å². The van der Waals surface area contributed by atoms with Crippen LogP contribution >= 0.6 is 15.9 Å². The number of rotatable bonds is 3. The van der Waals surface area contributed by atoms with Crippen LogP contribution in [0, 0.1) is 28.6 Å². The summed E-state index contributed by atoms with van der Waals surface area (Å²) in [4.78, 5) is 37.3. The number of aliphatic hydroxyl groups is 1. The Kier molecular flexibility index (Phi) is 5.41. The monoisotopic (exact) mass is 514 g/mol. The molecule has 0 bridgehead atoms. The number of hydrogen-bond donors (Lipinski definition) is 1. The number of alkyl halides is 3. The number of allylic oxidation sites excluding steroid dienone is 4. The molecule has 4 rings (SSSR count). The van der Waals surface area contributed by atoms with Crippen LogP contribution in [-0.4, -0.2) is 51.5 Å². The highest BCUT2D eigenvalue weighted by Crippen LogP contribution is 2.71. The molecule has 0 unspecified atom stereocenters. The highest BCUT2D eigenvalue weighted by Gasteiger charge is 2.77. The first-order valence-electron chi connectivity index (χ1n) is 11.0. The highest BCUT2D eigenvalue weighted by molar-refractivity contribution is 9.09. The average molecular weight is 515 g/mol. The van der Waals surface area contributed by atoms with Gasteiger partial charge >= 0.3 is 5.97 Å². The Bertz CT molecular complexity index is 949. The zero-order valence-electron chi connectivity index (χ0n) is 18.7. The van der Waals surface area contributed by atoms with E-state index in [1.807, 2.05) is 0 Å². The van der Waals surface area contributed by atoms with Gasteiger partial charge in [-0.1, -0.05) is 35.9 Å². The molecule has 0 saturated heterocycles. The van der Waals surface area contributed by atoms with Crippen LogP contribution in [0.25, 0.3) is 0 Å². The summed E-state index contributed by atoms with van der Waals surface area (Å²) in [6.07, 6.45) is 0.697. The number of aliphatic hydroxyl groups excluding tert-OH is 1. The Labute approximate surface area is 194 Å². The Hall–Kier alpha value is -1.41. The van der Waals surface area contributed by atoms with Gasteiger partial charge in [0.05, 0.1) is 11.4 Å². The van der Waals surface area contributed by atoms with Crippen LogP contribution in [0.5, 0.6) is 0 Å². The summed E-state index contributed by atoms with van der Waals surface area (Å²) in [7, 11) is 0. The number of carbonyl (C=O) groups is 3. The third-order valence-corrected chi connectivity index (χ3v) is 9.52.